The summed E-state index contributed by atoms with van der Waals surface area (Å²) in [6.07, 6.45) is -2.64. The fourth-order valence-corrected chi connectivity index (χ4v) is 1.49. The molecule has 0 aliphatic heterocycles. The zero-order valence-corrected chi connectivity index (χ0v) is 9.12. The molecule has 1 aromatic heterocycles. The summed E-state index contributed by atoms with van der Waals surface area (Å²) in [7, 11) is 0. The van der Waals surface area contributed by atoms with Crippen LogP contribution in [0.2, 0.25) is 0 Å². The summed E-state index contributed by atoms with van der Waals surface area (Å²) >= 11 is 0. The number of nitrogens with zero attached hydrogens (tertiary/aromatic N) is 1. The van der Waals surface area contributed by atoms with Crippen LogP contribution >= 0.6 is 0 Å². The van der Waals surface area contributed by atoms with Gasteiger partial charge in [-0.25, -0.2) is 0 Å². The fourth-order valence-electron chi connectivity index (χ4n) is 1.49. The van der Waals surface area contributed by atoms with Gasteiger partial charge >= 0.3 is 6.18 Å². The van der Waals surface area contributed by atoms with Gasteiger partial charge in [0, 0.05) is 17.5 Å². The third-order valence-electron chi connectivity index (χ3n) is 2.46. The van der Waals surface area contributed by atoms with Crippen LogP contribution in [0.5, 0.6) is 0 Å². The first-order valence-electron chi connectivity index (χ1n) is 5.07. The predicted molar refractivity (Wildman–Crippen MR) is 59.4 cm³/mol. The molecule has 4 heteroatoms. The monoisotopic (exact) mass is 237 g/mol. The average Bonchev–Trinajstić information content (AvgIpc) is 2.29. The second-order valence-corrected chi connectivity index (χ2v) is 3.76. The Labute approximate surface area is 96.9 Å². The normalized spacial score (nSPS) is 11.5. The van der Waals surface area contributed by atoms with Gasteiger partial charge < -0.3 is 0 Å². The van der Waals surface area contributed by atoms with Crippen LogP contribution in [0, 0.1) is 6.92 Å². The van der Waals surface area contributed by atoms with E-state index in [0.717, 1.165) is 29.0 Å². The van der Waals surface area contributed by atoms with Crippen molar-refractivity contribution >= 4 is 0 Å². The number of rotatable bonds is 1. The Morgan fingerprint density at radius 3 is 1.94 bits per heavy atom. The van der Waals surface area contributed by atoms with Gasteiger partial charge in [-0.15, -0.1) is 0 Å². The van der Waals surface area contributed by atoms with Crippen LogP contribution in [0.1, 0.15) is 11.3 Å². The molecular formula is C13H10F3N. The Bertz CT molecular complexity index is 498. The number of aryl methyl sites for hydroxylation is 1. The number of halogens is 3. The Morgan fingerprint density at radius 1 is 0.882 bits per heavy atom. The molecule has 0 N–H and O–H groups in total. The third kappa shape index (κ3) is 2.64. The quantitative estimate of drug-likeness (QED) is 0.728. The Morgan fingerprint density at radius 2 is 1.47 bits per heavy atom. The molecule has 0 aliphatic carbocycles. The minimum atomic E-state index is -4.29. The minimum Gasteiger partial charge on any atom is -0.261 e. The summed E-state index contributed by atoms with van der Waals surface area (Å²) in [5.41, 5.74) is 1.77. The summed E-state index contributed by atoms with van der Waals surface area (Å²) in [6.45, 7) is 1.86. The summed E-state index contributed by atoms with van der Waals surface area (Å²) in [4.78, 5) is 4.10. The minimum absolute atomic E-state index is 0.638. The van der Waals surface area contributed by atoms with Crippen LogP contribution in [-0.4, -0.2) is 4.98 Å². The maximum atomic E-state index is 12.4. The smallest absolute Gasteiger partial charge is 0.261 e. The van der Waals surface area contributed by atoms with Gasteiger partial charge in [-0.1, -0.05) is 18.2 Å². The van der Waals surface area contributed by atoms with E-state index in [2.05, 4.69) is 4.98 Å². The van der Waals surface area contributed by atoms with Gasteiger partial charge in [0.15, 0.2) is 0 Å². The van der Waals surface area contributed by atoms with Crippen molar-refractivity contribution in [2.24, 2.45) is 0 Å². The van der Waals surface area contributed by atoms with Crippen molar-refractivity contribution in [3.8, 4) is 11.1 Å². The molecule has 0 radical (unpaired) electrons. The van der Waals surface area contributed by atoms with Crippen molar-refractivity contribution in [3.63, 3.8) is 0 Å². The molecule has 2 aromatic rings. The van der Waals surface area contributed by atoms with E-state index < -0.39 is 11.7 Å². The Hall–Kier alpha value is -1.84. The number of hydrogen-bond acceptors (Lipinski definition) is 1. The van der Waals surface area contributed by atoms with Gasteiger partial charge in [-0.2, -0.15) is 13.2 Å². The summed E-state index contributed by atoms with van der Waals surface area (Å²) in [5.74, 6) is 0. The lowest BCUT2D eigenvalue weighted by molar-refractivity contribution is -0.137. The van der Waals surface area contributed by atoms with Crippen molar-refractivity contribution < 1.29 is 13.2 Å². The first-order chi connectivity index (χ1) is 7.97. The molecule has 0 aliphatic rings. The predicted octanol–water partition coefficient (Wildman–Crippen LogP) is 4.08. The molecule has 1 aromatic carbocycles. The van der Waals surface area contributed by atoms with Crippen LogP contribution in [0.4, 0.5) is 13.2 Å². The topological polar surface area (TPSA) is 12.9 Å². The third-order valence-corrected chi connectivity index (χ3v) is 2.46. The molecule has 88 valence electrons. The van der Waals surface area contributed by atoms with Crippen molar-refractivity contribution in [2.75, 3.05) is 0 Å². The van der Waals surface area contributed by atoms with Crippen molar-refractivity contribution in [1.29, 1.82) is 0 Å². The molecule has 0 atom stereocenters. The van der Waals surface area contributed by atoms with E-state index in [1.54, 1.807) is 6.20 Å². The van der Waals surface area contributed by atoms with Crippen molar-refractivity contribution in [2.45, 2.75) is 13.1 Å². The number of pyridine rings is 1. The van der Waals surface area contributed by atoms with Crippen LogP contribution in [-0.2, 0) is 6.18 Å². The zero-order valence-electron chi connectivity index (χ0n) is 9.12. The second-order valence-electron chi connectivity index (χ2n) is 3.76. The molecule has 2 rings (SSSR count). The van der Waals surface area contributed by atoms with Crippen molar-refractivity contribution in [3.05, 3.63) is 53.9 Å². The number of benzene rings is 1. The lowest BCUT2D eigenvalue weighted by Gasteiger charge is -2.07. The van der Waals surface area contributed by atoms with Crippen LogP contribution in [0.3, 0.4) is 0 Å². The molecule has 0 saturated heterocycles. The molecule has 0 fully saturated rings. The summed E-state index contributed by atoms with van der Waals surface area (Å²) in [6, 6.07) is 8.73. The highest BCUT2D eigenvalue weighted by Gasteiger charge is 2.29. The van der Waals surface area contributed by atoms with E-state index in [1.807, 2.05) is 19.1 Å². The highest BCUT2D eigenvalue weighted by Crippen LogP contribution is 2.30. The summed E-state index contributed by atoms with van der Waals surface area (Å²) < 4.78 is 37.1. The standard InChI is InChI=1S/C13H10F3N/c1-9-2-3-11(8-17-9)10-4-6-12(7-5-10)13(14,15)16/h2-8H,1H3. The molecule has 0 unspecified atom stereocenters. The molecule has 17 heavy (non-hydrogen) atoms. The van der Waals surface area contributed by atoms with Gasteiger partial charge in [0.25, 0.3) is 0 Å². The van der Waals surface area contributed by atoms with Crippen LogP contribution in [0.15, 0.2) is 42.6 Å². The van der Waals surface area contributed by atoms with Crippen LogP contribution in [0.25, 0.3) is 11.1 Å². The van der Waals surface area contributed by atoms with E-state index in [4.69, 9.17) is 0 Å². The Balaban J connectivity index is 2.33. The first kappa shape index (κ1) is 11.6. The highest BCUT2D eigenvalue weighted by molar-refractivity contribution is 5.62. The molecule has 0 saturated carbocycles. The van der Waals surface area contributed by atoms with Crippen LogP contribution < -0.4 is 0 Å². The van der Waals surface area contributed by atoms with Gasteiger partial charge in [-0.3, -0.25) is 4.98 Å². The molecule has 1 nitrogen and oxygen atoms in total. The van der Waals surface area contributed by atoms with E-state index in [1.165, 1.54) is 12.1 Å². The fraction of sp³-hybridized carbons (Fsp3) is 0.154. The van der Waals surface area contributed by atoms with Gasteiger partial charge in [0.1, 0.15) is 0 Å². The summed E-state index contributed by atoms with van der Waals surface area (Å²) in [5, 5.41) is 0. The highest BCUT2D eigenvalue weighted by atomic mass is 19.4. The van der Waals surface area contributed by atoms with Gasteiger partial charge in [0.05, 0.1) is 5.56 Å². The molecular weight excluding hydrogens is 227 g/mol. The zero-order chi connectivity index (χ0) is 12.5. The maximum absolute atomic E-state index is 12.4. The second kappa shape index (κ2) is 4.20. The van der Waals surface area contributed by atoms with Crippen molar-refractivity contribution in [1.82, 2.24) is 4.98 Å². The lowest BCUT2D eigenvalue weighted by atomic mass is 10.1. The largest absolute Gasteiger partial charge is 0.416 e. The molecule has 0 amide bonds. The molecule has 0 spiro atoms. The van der Waals surface area contributed by atoms with E-state index in [-0.39, 0.29) is 0 Å². The number of hydrogen-bond donors (Lipinski definition) is 0. The average molecular weight is 237 g/mol. The van der Waals surface area contributed by atoms with Gasteiger partial charge in [-0.05, 0) is 30.7 Å². The maximum Gasteiger partial charge on any atom is 0.416 e. The SMILES string of the molecule is Cc1ccc(-c2ccc(C(F)(F)F)cc2)cn1. The molecule has 1 heterocycles. The van der Waals surface area contributed by atoms with Gasteiger partial charge in [0.2, 0.25) is 0 Å². The van der Waals surface area contributed by atoms with E-state index in [0.29, 0.717) is 0 Å². The van der Waals surface area contributed by atoms with E-state index in [9.17, 15) is 13.2 Å². The first-order valence-corrected chi connectivity index (χ1v) is 5.07. The molecule has 0 bridgehead atoms. The Kier molecular flexibility index (Phi) is 2.88. The number of aromatic nitrogens is 1. The van der Waals surface area contributed by atoms with E-state index >= 15 is 0 Å². The lowest BCUT2D eigenvalue weighted by Crippen LogP contribution is -2.03. The number of alkyl halides is 3.